The molecule has 19 heavy (non-hydrogen) atoms. The van der Waals surface area contributed by atoms with Gasteiger partial charge in [-0.3, -0.25) is 0 Å². The van der Waals surface area contributed by atoms with Gasteiger partial charge in [-0.25, -0.2) is 8.42 Å². The Morgan fingerprint density at radius 2 is 1.84 bits per heavy atom. The number of piperidine rings is 1. The van der Waals surface area contributed by atoms with Crippen molar-refractivity contribution >= 4 is 22.2 Å². The number of nitrogens with one attached hydrogen (secondary N) is 1. The SMILES string of the molecule is Cl.O=S(=O)(c1ccccc1)C1C[C@H]2CC[C@H](O)[C@@H]1N2. The molecule has 2 bridgehead atoms. The molecule has 1 aromatic rings. The van der Waals surface area contributed by atoms with Crippen LogP contribution in [0.3, 0.4) is 0 Å². The van der Waals surface area contributed by atoms with Crippen LogP contribution in [-0.4, -0.2) is 37.0 Å². The average Bonchev–Trinajstić information content (AvgIpc) is 2.75. The minimum absolute atomic E-state index is 0. The molecule has 2 N–H and O–H groups in total. The van der Waals surface area contributed by atoms with Crippen molar-refractivity contribution in [1.29, 1.82) is 0 Å². The Bertz CT molecular complexity index is 534. The molecule has 2 aliphatic heterocycles. The Labute approximate surface area is 119 Å². The van der Waals surface area contributed by atoms with E-state index in [9.17, 15) is 13.5 Å². The van der Waals surface area contributed by atoms with E-state index >= 15 is 0 Å². The van der Waals surface area contributed by atoms with Gasteiger partial charge in [-0.05, 0) is 31.4 Å². The second-order valence-electron chi connectivity index (χ2n) is 5.17. The van der Waals surface area contributed by atoms with E-state index in [1.807, 2.05) is 0 Å². The zero-order chi connectivity index (χ0) is 12.8. The predicted molar refractivity (Wildman–Crippen MR) is 75.2 cm³/mol. The number of sulfone groups is 1. The summed E-state index contributed by atoms with van der Waals surface area (Å²) in [5, 5.41) is 12.7. The van der Waals surface area contributed by atoms with Gasteiger partial charge in [0.2, 0.25) is 0 Å². The number of rotatable bonds is 2. The monoisotopic (exact) mass is 303 g/mol. The predicted octanol–water partition coefficient (Wildman–Crippen LogP) is 1.14. The molecule has 2 saturated heterocycles. The first-order valence-electron chi connectivity index (χ1n) is 6.32. The molecule has 106 valence electrons. The molecule has 1 unspecified atom stereocenters. The van der Waals surface area contributed by atoms with Crippen LogP contribution in [-0.2, 0) is 9.84 Å². The lowest BCUT2D eigenvalue weighted by Gasteiger charge is -2.28. The largest absolute Gasteiger partial charge is 0.391 e. The van der Waals surface area contributed by atoms with Gasteiger partial charge in [0.25, 0.3) is 0 Å². The molecule has 2 fully saturated rings. The van der Waals surface area contributed by atoms with E-state index in [2.05, 4.69) is 5.32 Å². The summed E-state index contributed by atoms with van der Waals surface area (Å²) < 4.78 is 25.1. The van der Waals surface area contributed by atoms with Crippen LogP contribution in [0.15, 0.2) is 35.2 Å². The molecule has 4 nitrogen and oxygen atoms in total. The minimum Gasteiger partial charge on any atom is -0.391 e. The van der Waals surface area contributed by atoms with E-state index in [-0.39, 0.29) is 24.5 Å². The molecule has 6 heteroatoms. The van der Waals surface area contributed by atoms with Gasteiger partial charge in [0, 0.05) is 6.04 Å². The summed E-state index contributed by atoms with van der Waals surface area (Å²) in [5.74, 6) is 0. The Morgan fingerprint density at radius 1 is 1.16 bits per heavy atom. The normalized spacial score (nSPS) is 33.7. The van der Waals surface area contributed by atoms with Gasteiger partial charge in [0.05, 0.1) is 22.3 Å². The molecule has 0 aromatic heterocycles. The Hall–Kier alpha value is -0.620. The van der Waals surface area contributed by atoms with Gasteiger partial charge in [-0.1, -0.05) is 18.2 Å². The van der Waals surface area contributed by atoms with Gasteiger partial charge >= 0.3 is 0 Å². The first-order chi connectivity index (χ1) is 8.59. The zero-order valence-electron chi connectivity index (χ0n) is 10.4. The van der Waals surface area contributed by atoms with E-state index in [4.69, 9.17) is 0 Å². The molecule has 3 rings (SSSR count). The van der Waals surface area contributed by atoms with Crippen molar-refractivity contribution in [2.75, 3.05) is 0 Å². The van der Waals surface area contributed by atoms with Crippen LogP contribution in [0.1, 0.15) is 19.3 Å². The molecular weight excluding hydrogens is 286 g/mol. The lowest BCUT2D eigenvalue weighted by atomic mass is 10.0. The molecular formula is C13H18ClNO3S. The molecule has 0 spiro atoms. The summed E-state index contributed by atoms with van der Waals surface area (Å²) >= 11 is 0. The highest BCUT2D eigenvalue weighted by Gasteiger charge is 2.48. The van der Waals surface area contributed by atoms with E-state index in [0.717, 1.165) is 6.42 Å². The van der Waals surface area contributed by atoms with Crippen molar-refractivity contribution in [3.05, 3.63) is 30.3 Å². The van der Waals surface area contributed by atoms with Crippen LogP contribution in [0.4, 0.5) is 0 Å². The van der Waals surface area contributed by atoms with Gasteiger partial charge in [-0.2, -0.15) is 0 Å². The van der Waals surface area contributed by atoms with Crippen LogP contribution in [0.25, 0.3) is 0 Å². The molecule has 0 aliphatic carbocycles. The Balaban J connectivity index is 0.00000133. The number of aliphatic hydroxyl groups excluding tert-OH is 1. The highest BCUT2D eigenvalue weighted by Crippen LogP contribution is 2.34. The lowest BCUT2D eigenvalue weighted by Crippen LogP contribution is -2.48. The summed E-state index contributed by atoms with van der Waals surface area (Å²) in [4.78, 5) is 0.358. The highest BCUT2D eigenvalue weighted by molar-refractivity contribution is 7.92. The quantitative estimate of drug-likeness (QED) is 0.860. The summed E-state index contributed by atoms with van der Waals surface area (Å²) in [6, 6.07) is 8.46. The van der Waals surface area contributed by atoms with Crippen molar-refractivity contribution in [2.45, 2.75) is 47.6 Å². The number of hydrogen-bond acceptors (Lipinski definition) is 4. The second-order valence-corrected chi connectivity index (χ2v) is 7.33. The summed E-state index contributed by atoms with van der Waals surface area (Å²) in [7, 11) is -3.35. The number of benzene rings is 1. The maximum atomic E-state index is 12.6. The molecule has 2 aliphatic rings. The first kappa shape index (κ1) is 14.8. The van der Waals surface area contributed by atoms with E-state index in [1.165, 1.54) is 0 Å². The maximum absolute atomic E-state index is 12.6. The van der Waals surface area contributed by atoms with Gasteiger partial charge in [-0.15, -0.1) is 12.4 Å². The minimum atomic E-state index is -3.35. The van der Waals surface area contributed by atoms with E-state index in [0.29, 0.717) is 17.7 Å². The van der Waals surface area contributed by atoms with Gasteiger partial charge in [0.15, 0.2) is 9.84 Å². The standard InChI is InChI=1S/C13H17NO3S.ClH/c15-11-7-6-9-8-12(13(11)14-9)18(16,17)10-4-2-1-3-5-10;/h1-5,9,11-15H,6-8H2;1H/t9-,11+,12?,13+;/m1./s1. The zero-order valence-corrected chi connectivity index (χ0v) is 12.0. The molecule has 2 heterocycles. The first-order valence-corrected chi connectivity index (χ1v) is 7.87. The smallest absolute Gasteiger partial charge is 0.182 e. The molecule has 1 aromatic carbocycles. The van der Waals surface area contributed by atoms with E-state index in [1.54, 1.807) is 30.3 Å². The number of hydrogen-bond donors (Lipinski definition) is 2. The third-order valence-electron chi connectivity index (χ3n) is 4.04. The molecule has 0 saturated carbocycles. The maximum Gasteiger partial charge on any atom is 0.182 e. The van der Waals surface area contributed by atoms with Crippen LogP contribution in [0.5, 0.6) is 0 Å². The highest BCUT2D eigenvalue weighted by atomic mass is 35.5. The topological polar surface area (TPSA) is 66.4 Å². The lowest BCUT2D eigenvalue weighted by molar-refractivity contribution is 0.104. The van der Waals surface area contributed by atoms with Crippen LogP contribution >= 0.6 is 12.4 Å². The van der Waals surface area contributed by atoms with Crippen LogP contribution < -0.4 is 5.32 Å². The molecule has 0 amide bonds. The fourth-order valence-corrected chi connectivity index (χ4v) is 5.11. The van der Waals surface area contributed by atoms with Crippen molar-refractivity contribution in [3.63, 3.8) is 0 Å². The third-order valence-corrected chi connectivity index (χ3v) is 6.25. The second kappa shape index (κ2) is 5.40. The summed E-state index contributed by atoms with van der Waals surface area (Å²) in [6.07, 6.45) is 1.62. The number of halogens is 1. The molecule has 0 radical (unpaired) electrons. The Morgan fingerprint density at radius 3 is 2.53 bits per heavy atom. The fourth-order valence-electron chi connectivity index (χ4n) is 3.09. The fraction of sp³-hybridized carbons (Fsp3) is 0.538. The number of aliphatic hydroxyl groups is 1. The average molecular weight is 304 g/mol. The Kier molecular flexibility index (Phi) is 4.20. The van der Waals surface area contributed by atoms with Gasteiger partial charge < -0.3 is 10.4 Å². The van der Waals surface area contributed by atoms with Crippen molar-refractivity contribution < 1.29 is 13.5 Å². The van der Waals surface area contributed by atoms with Crippen molar-refractivity contribution in [1.82, 2.24) is 5.32 Å². The summed E-state index contributed by atoms with van der Waals surface area (Å²) in [6.45, 7) is 0. The third kappa shape index (κ3) is 2.52. The van der Waals surface area contributed by atoms with Crippen LogP contribution in [0, 0.1) is 0 Å². The number of fused-ring (bicyclic) bond motifs is 2. The van der Waals surface area contributed by atoms with Gasteiger partial charge in [0.1, 0.15) is 0 Å². The van der Waals surface area contributed by atoms with Crippen LogP contribution in [0.2, 0.25) is 0 Å². The van der Waals surface area contributed by atoms with Crippen molar-refractivity contribution in [3.8, 4) is 0 Å². The van der Waals surface area contributed by atoms with E-state index < -0.39 is 21.2 Å². The summed E-state index contributed by atoms with van der Waals surface area (Å²) in [5.41, 5.74) is 0. The van der Waals surface area contributed by atoms with Crippen molar-refractivity contribution in [2.24, 2.45) is 0 Å². The molecule has 4 atom stereocenters.